The Morgan fingerprint density at radius 3 is 3.00 bits per heavy atom. The van der Waals surface area contributed by atoms with Crippen LogP contribution in [0.15, 0.2) is 25.0 Å². The average molecular weight is 249 g/mol. The zero-order chi connectivity index (χ0) is 12.8. The quantitative estimate of drug-likeness (QED) is 0.656. The zero-order valence-corrected chi connectivity index (χ0v) is 9.86. The first-order chi connectivity index (χ1) is 8.74. The average Bonchev–Trinajstić information content (AvgIpc) is 2.96. The van der Waals surface area contributed by atoms with Crippen molar-refractivity contribution in [1.29, 1.82) is 0 Å². The molecule has 0 aromatic carbocycles. The normalized spacial score (nSPS) is 10.4. The fourth-order valence-corrected chi connectivity index (χ4v) is 1.50. The van der Waals surface area contributed by atoms with Crippen LogP contribution in [-0.4, -0.2) is 36.8 Å². The van der Waals surface area contributed by atoms with Crippen molar-refractivity contribution < 1.29 is 4.79 Å². The van der Waals surface area contributed by atoms with Gasteiger partial charge in [0, 0.05) is 25.5 Å². The Bertz CT molecular complexity index is 490. The number of anilines is 1. The third-order valence-corrected chi connectivity index (χ3v) is 2.33. The van der Waals surface area contributed by atoms with Crippen molar-refractivity contribution in [3.63, 3.8) is 0 Å². The maximum Gasteiger partial charge on any atom is 0.241 e. The molecule has 0 radical (unpaired) electrons. The Hall–Kier alpha value is -2.38. The van der Waals surface area contributed by atoms with Crippen molar-refractivity contribution in [2.75, 3.05) is 12.3 Å². The zero-order valence-electron chi connectivity index (χ0n) is 9.86. The molecular weight excluding hydrogens is 234 g/mol. The minimum atomic E-state index is -0.106. The number of imidazole rings is 1. The third kappa shape index (κ3) is 3.58. The summed E-state index contributed by atoms with van der Waals surface area (Å²) in [5, 5.41) is 6.63. The first kappa shape index (κ1) is 12.1. The molecule has 3 N–H and O–H groups in total. The molecule has 2 heterocycles. The van der Waals surface area contributed by atoms with E-state index in [1.54, 1.807) is 12.5 Å². The van der Waals surface area contributed by atoms with Gasteiger partial charge in [-0.3, -0.25) is 4.79 Å². The van der Waals surface area contributed by atoms with E-state index < -0.39 is 0 Å². The number of nitrogens with one attached hydrogen (secondary N) is 1. The molecule has 2 rings (SSSR count). The van der Waals surface area contributed by atoms with Crippen LogP contribution in [-0.2, 0) is 17.9 Å². The van der Waals surface area contributed by atoms with Crippen LogP contribution in [0.5, 0.6) is 0 Å². The second kappa shape index (κ2) is 5.80. The topological polar surface area (TPSA) is 104 Å². The molecule has 2 aromatic heterocycles. The molecule has 96 valence electrons. The molecule has 0 aliphatic carbocycles. The van der Waals surface area contributed by atoms with Gasteiger partial charge in [-0.1, -0.05) is 0 Å². The first-order valence-corrected chi connectivity index (χ1v) is 5.61. The van der Waals surface area contributed by atoms with Gasteiger partial charge in [-0.05, 0) is 6.42 Å². The van der Waals surface area contributed by atoms with E-state index in [9.17, 15) is 4.79 Å². The maximum absolute atomic E-state index is 11.5. The molecule has 8 nitrogen and oxygen atoms in total. The molecule has 18 heavy (non-hydrogen) atoms. The Labute approximate surface area is 104 Å². The SMILES string of the molecule is Nc1ncn(CC(=O)NCCCn2ccnc2)n1. The van der Waals surface area contributed by atoms with E-state index in [0.29, 0.717) is 6.54 Å². The van der Waals surface area contributed by atoms with Gasteiger partial charge in [0.25, 0.3) is 0 Å². The number of nitrogens with zero attached hydrogens (tertiary/aromatic N) is 5. The van der Waals surface area contributed by atoms with Gasteiger partial charge in [0.2, 0.25) is 11.9 Å². The van der Waals surface area contributed by atoms with Gasteiger partial charge in [0.05, 0.1) is 6.33 Å². The van der Waals surface area contributed by atoms with E-state index in [-0.39, 0.29) is 18.4 Å². The summed E-state index contributed by atoms with van der Waals surface area (Å²) in [5.74, 6) is 0.0634. The number of hydrogen-bond donors (Lipinski definition) is 2. The van der Waals surface area contributed by atoms with Gasteiger partial charge in [-0.25, -0.2) is 14.6 Å². The lowest BCUT2D eigenvalue weighted by molar-refractivity contribution is -0.121. The Balaban J connectivity index is 1.63. The lowest BCUT2D eigenvalue weighted by Gasteiger charge is -2.05. The highest BCUT2D eigenvalue weighted by Crippen LogP contribution is 1.91. The van der Waals surface area contributed by atoms with Crippen LogP contribution in [0.25, 0.3) is 0 Å². The number of aromatic nitrogens is 5. The smallest absolute Gasteiger partial charge is 0.241 e. The van der Waals surface area contributed by atoms with Crippen LogP contribution in [0.4, 0.5) is 5.95 Å². The number of nitrogens with two attached hydrogens (primary N) is 1. The molecule has 0 atom stereocenters. The summed E-state index contributed by atoms with van der Waals surface area (Å²) in [6.07, 6.45) is 7.65. The van der Waals surface area contributed by atoms with E-state index in [0.717, 1.165) is 13.0 Å². The fraction of sp³-hybridized carbons (Fsp3) is 0.400. The molecule has 0 saturated carbocycles. The molecular formula is C10H15N7O. The summed E-state index contributed by atoms with van der Waals surface area (Å²) in [6, 6.07) is 0. The van der Waals surface area contributed by atoms with Gasteiger partial charge >= 0.3 is 0 Å². The molecule has 2 aromatic rings. The van der Waals surface area contributed by atoms with Crippen LogP contribution < -0.4 is 11.1 Å². The fourth-order valence-electron chi connectivity index (χ4n) is 1.50. The summed E-state index contributed by atoms with van der Waals surface area (Å²) < 4.78 is 3.37. The molecule has 0 unspecified atom stereocenters. The number of amides is 1. The Morgan fingerprint density at radius 2 is 2.33 bits per heavy atom. The molecule has 0 bridgehead atoms. The lowest BCUT2D eigenvalue weighted by Crippen LogP contribution is -2.29. The van der Waals surface area contributed by atoms with E-state index >= 15 is 0 Å². The second-order valence-corrected chi connectivity index (χ2v) is 3.80. The van der Waals surface area contributed by atoms with E-state index in [1.165, 1.54) is 11.0 Å². The van der Waals surface area contributed by atoms with Crippen molar-refractivity contribution >= 4 is 11.9 Å². The molecule has 0 aliphatic heterocycles. The predicted molar refractivity (Wildman–Crippen MR) is 64.3 cm³/mol. The van der Waals surface area contributed by atoms with Crippen molar-refractivity contribution in [3.8, 4) is 0 Å². The highest BCUT2D eigenvalue weighted by molar-refractivity contribution is 5.75. The van der Waals surface area contributed by atoms with Gasteiger partial charge in [-0.2, -0.15) is 0 Å². The van der Waals surface area contributed by atoms with Gasteiger partial charge in [-0.15, -0.1) is 5.10 Å². The first-order valence-electron chi connectivity index (χ1n) is 5.61. The lowest BCUT2D eigenvalue weighted by atomic mass is 10.4. The van der Waals surface area contributed by atoms with Crippen LogP contribution in [0.1, 0.15) is 6.42 Å². The van der Waals surface area contributed by atoms with Crippen LogP contribution in [0, 0.1) is 0 Å². The monoisotopic (exact) mass is 249 g/mol. The molecule has 0 fully saturated rings. The summed E-state index contributed by atoms with van der Waals surface area (Å²) in [5.41, 5.74) is 5.35. The third-order valence-electron chi connectivity index (χ3n) is 2.33. The Morgan fingerprint density at radius 1 is 1.44 bits per heavy atom. The van der Waals surface area contributed by atoms with Crippen molar-refractivity contribution in [1.82, 2.24) is 29.6 Å². The number of carbonyl (C=O) groups is 1. The molecule has 1 amide bonds. The molecule has 0 saturated heterocycles. The standard InChI is InChI=1S/C10H15N7O/c11-10-14-8-17(15-10)6-9(18)13-2-1-4-16-5-3-12-7-16/h3,5,7-8H,1-2,4,6H2,(H2,11,15)(H,13,18). The Kier molecular flexibility index (Phi) is 3.90. The predicted octanol–water partition coefficient (Wildman–Crippen LogP) is -0.737. The number of aryl methyl sites for hydroxylation is 1. The summed E-state index contributed by atoms with van der Waals surface area (Å²) in [4.78, 5) is 19.2. The van der Waals surface area contributed by atoms with Gasteiger partial charge < -0.3 is 15.6 Å². The van der Waals surface area contributed by atoms with Crippen molar-refractivity contribution in [3.05, 3.63) is 25.0 Å². The number of rotatable bonds is 6. The maximum atomic E-state index is 11.5. The van der Waals surface area contributed by atoms with Gasteiger partial charge in [0.15, 0.2) is 0 Å². The van der Waals surface area contributed by atoms with Crippen LogP contribution >= 0.6 is 0 Å². The molecule has 0 aliphatic rings. The van der Waals surface area contributed by atoms with Crippen molar-refractivity contribution in [2.24, 2.45) is 0 Å². The summed E-state index contributed by atoms with van der Waals surface area (Å²) >= 11 is 0. The van der Waals surface area contributed by atoms with Crippen molar-refractivity contribution in [2.45, 2.75) is 19.5 Å². The van der Waals surface area contributed by atoms with Crippen LogP contribution in [0.3, 0.4) is 0 Å². The van der Waals surface area contributed by atoms with E-state index in [2.05, 4.69) is 20.4 Å². The highest BCUT2D eigenvalue weighted by Gasteiger charge is 2.03. The number of carbonyl (C=O) groups excluding carboxylic acids is 1. The van der Waals surface area contributed by atoms with E-state index in [4.69, 9.17) is 5.73 Å². The molecule has 0 spiro atoms. The summed E-state index contributed by atoms with van der Waals surface area (Å²) in [6.45, 7) is 1.58. The number of nitrogen functional groups attached to an aromatic ring is 1. The largest absolute Gasteiger partial charge is 0.367 e. The molecule has 8 heteroatoms. The minimum Gasteiger partial charge on any atom is -0.367 e. The second-order valence-electron chi connectivity index (χ2n) is 3.80. The number of hydrogen-bond acceptors (Lipinski definition) is 5. The van der Waals surface area contributed by atoms with E-state index in [1.807, 2.05) is 10.8 Å². The highest BCUT2D eigenvalue weighted by atomic mass is 16.2. The summed E-state index contributed by atoms with van der Waals surface area (Å²) in [7, 11) is 0. The minimum absolute atomic E-state index is 0.106. The van der Waals surface area contributed by atoms with Gasteiger partial charge in [0.1, 0.15) is 12.9 Å². The van der Waals surface area contributed by atoms with Crippen LogP contribution in [0.2, 0.25) is 0 Å².